The first-order chi connectivity index (χ1) is 12.5. The molecular formula is C17H21N5O3S. The molecule has 0 aliphatic carbocycles. The van der Waals surface area contributed by atoms with Gasteiger partial charge in [-0.15, -0.1) is 11.3 Å². The Morgan fingerprint density at radius 3 is 2.27 bits per heavy atom. The molecule has 2 aromatic heterocycles. The number of nitrogens with zero attached hydrogens (tertiary/aromatic N) is 3. The van der Waals surface area contributed by atoms with E-state index in [9.17, 15) is 0 Å². The molecule has 0 aliphatic heterocycles. The fourth-order valence-corrected chi connectivity index (χ4v) is 3.74. The first kappa shape index (κ1) is 17.9. The van der Waals surface area contributed by atoms with Crippen LogP contribution in [0.25, 0.3) is 10.2 Å². The average molecular weight is 375 g/mol. The third kappa shape index (κ3) is 3.13. The second-order valence-electron chi connectivity index (χ2n) is 5.65. The van der Waals surface area contributed by atoms with Crippen molar-refractivity contribution in [2.24, 2.45) is 0 Å². The molecule has 0 aliphatic rings. The molecule has 9 heteroatoms. The Labute approximate surface area is 155 Å². The van der Waals surface area contributed by atoms with Crippen LogP contribution < -0.4 is 30.6 Å². The molecule has 1 aromatic carbocycles. The topological polar surface area (TPSA) is 109 Å². The number of hydrogen-bond acceptors (Lipinski definition) is 9. The van der Waals surface area contributed by atoms with Crippen molar-refractivity contribution >= 4 is 39.0 Å². The second-order valence-corrected chi connectivity index (χ2v) is 6.51. The standard InChI is InChI=1S/C17H21N5O3S/c1-22(10-5-11(23-2)14(25-4)12(6-10)24-3)7-9-8-26-16-13(9)15(18)20-17(19)21-16/h5-6,8H,7H2,1-4H3,(H4,18,19,20,21). The van der Waals surface area contributed by atoms with Gasteiger partial charge in [0.05, 0.1) is 26.7 Å². The lowest BCUT2D eigenvalue weighted by atomic mass is 10.2. The molecule has 3 rings (SSSR count). The average Bonchev–Trinajstić information content (AvgIpc) is 3.02. The quantitative estimate of drug-likeness (QED) is 0.676. The number of methoxy groups -OCH3 is 3. The summed E-state index contributed by atoms with van der Waals surface area (Å²) in [6, 6.07) is 3.79. The molecule has 26 heavy (non-hydrogen) atoms. The predicted octanol–water partition coefficient (Wildman–Crippen LogP) is 2.52. The van der Waals surface area contributed by atoms with Gasteiger partial charge in [-0.05, 0) is 10.9 Å². The van der Waals surface area contributed by atoms with Gasteiger partial charge in [0.2, 0.25) is 11.7 Å². The van der Waals surface area contributed by atoms with Crippen molar-refractivity contribution in [3.8, 4) is 17.2 Å². The van der Waals surface area contributed by atoms with Gasteiger partial charge in [0, 0.05) is 31.4 Å². The fourth-order valence-electron chi connectivity index (χ4n) is 2.80. The molecule has 0 fully saturated rings. The third-order valence-electron chi connectivity index (χ3n) is 4.05. The largest absolute Gasteiger partial charge is 0.493 e. The van der Waals surface area contributed by atoms with Crippen LogP contribution in [0.2, 0.25) is 0 Å². The van der Waals surface area contributed by atoms with E-state index < -0.39 is 0 Å². The first-order valence-corrected chi connectivity index (χ1v) is 8.66. The van der Waals surface area contributed by atoms with Crippen molar-refractivity contribution in [2.45, 2.75) is 6.54 Å². The van der Waals surface area contributed by atoms with Gasteiger partial charge in [-0.25, -0.2) is 4.98 Å². The minimum Gasteiger partial charge on any atom is -0.493 e. The van der Waals surface area contributed by atoms with Crippen LogP contribution in [0.3, 0.4) is 0 Å². The maximum Gasteiger partial charge on any atom is 0.223 e. The molecule has 0 saturated carbocycles. The Balaban J connectivity index is 1.97. The van der Waals surface area contributed by atoms with Crippen molar-refractivity contribution in [3.63, 3.8) is 0 Å². The lowest BCUT2D eigenvalue weighted by Gasteiger charge is -2.22. The predicted molar refractivity (Wildman–Crippen MR) is 104 cm³/mol. The summed E-state index contributed by atoms with van der Waals surface area (Å²) in [5, 5.41) is 2.85. The van der Waals surface area contributed by atoms with Gasteiger partial charge in [0.1, 0.15) is 10.6 Å². The Bertz CT molecular complexity index is 919. The number of aromatic nitrogens is 2. The minimum absolute atomic E-state index is 0.182. The van der Waals surface area contributed by atoms with Gasteiger partial charge in [-0.2, -0.15) is 4.98 Å². The Hall–Kier alpha value is -2.94. The molecule has 3 aromatic rings. The summed E-state index contributed by atoms with van der Waals surface area (Å²) in [4.78, 5) is 11.2. The number of fused-ring (bicyclic) bond motifs is 1. The highest BCUT2D eigenvalue weighted by Crippen LogP contribution is 2.41. The van der Waals surface area contributed by atoms with Crippen LogP contribution in [0.15, 0.2) is 17.5 Å². The molecule has 0 spiro atoms. The highest BCUT2D eigenvalue weighted by atomic mass is 32.1. The van der Waals surface area contributed by atoms with E-state index in [1.165, 1.54) is 11.3 Å². The number of anilines is 3. The number of hydrogen-bond donors (Lipinski definition) is 2. The van der Waals surface area contributed by atoms with Crippen LogP contribution in [0, 0.1) is 0 Å². The van der Waals surface area contributed by atoms with E-state index in [1.807, 2.05) is 24.6 Å². The molecule has 4 N–H and O–H groups in total. The van der Waals surface area contributed by atoms with Crippen LogP contribution >= 0.6 is 11.3 Å². The summed E-state index contributed by atoms with van der Waals surface area (Å²) in [7, 11) is 6.74. The highest BCUT2D eigenvalue weighted by molar-refractivity contribution is 7.17. The second kappa shape index (κ2) is 7.12. The van der Waals surface area contributed by atoms with Gasteiger partial charge in [0.15, 0.2) is 11.5 Å². The maximum atomic E-state index is 6.05. The van der Waals surface area contributed by atoms with E-state index in [2.05, 4.69) is 14.9 Å². The van der Waals surface area contributed by atoms with E-state index in [1.54, 1.807) is 21.3 Å². The smallest absolute Gasteiger partial charge is 0.223 e. The fraction of sp³-hybridized carbons (Fsp3) is 0.294. The van der Waals surface area contributed by atoms with Crippen LogP contribution in [0.4, 0.5) is 17.5 Å². The number of benzene rings is 1. The third-order valence-corrected chi connectivity index (χ3v) is 4.97. The molecule has 8 nitrogen and oxygen atoms in total. The van der Waals surface area contributed by atoms with Gasteiger partial charge >= 0.3 is 0 Å². The minimum atomic E-state index is 0.182. The van der Waals surface area contributed by atoms with E-state index in [0.29, 0.717) is 29.6 Å². The van der Waals surface area contributed by atoms with E-state index >= 15 is 0 Å². The highest BCUT2D eigenvalue weighted by Gasteiger charge is 2.17. The summed E-state index contributed by atoms with van der Waals surface area (Å²) in [6.07, 6.45) is 0. The zero-order valence-electron chi connectivity index (χ0n) is 15.1. The van der Waals surface area contributed by atoms with Gasteiger partial charge < -0.3 is 30.6 Å². The summed E-state index contributed by atoms with van der Waals surface area (Å²) in [6.45, 7) is 0.607. The number of thiophene rings is 1. The van der Waals surface area contributed by atoms with Crippen molar-refractivity contribution in [2.75, 3.05) is 44.7 Å². The molecule has 0 bridgehead atoms. The summed E-state index contributed by atoms with van der Waals surface area (Å²) < 4.78 is 16.2. The lowest BCUT2D eigenvalue weighted by molar-refractivity contribution is 0.324. The molecule has 0 amide bonds. The molecule has 0 saturated heterocycles. The van der Waals surface area contributed by atoms with Gasteiger partial charge in [-0.3, -0.25) is 0 Å². The SMILES string of the molecule is COc1cc(N(C)Cc2csc3nc(N)nc(N)c23)cc(OC)c1OC. The van der Waals surface area contributed by atoms with Crippen LogP contribution in [-0.2, 0) is 6.54 Å². The summed E-state index contributed by atoms with van der Waals surface area (Å²) in [5.41, 5.74) is 13.7. The maximum absolute atomic E-state index is 6.05. The van der Waals surface area contributed by atoms with Crippen LogP contribution in [0.1, 0.15) is 5.56 Å². The van der Waals surface area contributed by atoms with E-state index in [0.717, 1.165) is 21.5 Å². The summed E-state index contributed by atoms with van der Waals surface area (Å²) in [5.74, 6) is 2.32. The molecule has 0 unspecified atom stereocenters. The zero-order valence-corrected chi connectivity index (χ0v) is 15.9. The van der Waals surface area contributed by atoms with Crippen molar-refractivity contribution in [1.29, 1.82) is 0 Å². The van der Waals surface area contributed by atoms with Crippen LogP contribution in [-0.4, -0.2) is 38.3 Å². The number of ether oxygens (including phenoxy) is 3. The van der Waals surface area contributed by atoms with Crippen molar-refractivity contribution < 1.29 is 14.2 Å². The van der Waals surface area contributed by atoms with Gasteiger partial charge in [0.25, 0.3) is 0 Å². The molecule has 0 radical (unpaired) electrons. The number of nitrogens with two attached hydrogens (primary N) is 2. The number of rotatable bonds is 6. The Morgan fingerprint density at radius 2 is 1.69 bits per heavy atom. The first-order valence-electron chi connectivity index (χ1n) is 7.78. The summed E-state index contributed by atoms with van der Waals surface area (Å²) >= 11 is 1.49. The monoisotopic (exact) mass is 375 g/mol. The normalized spacial score (nSPS) is 10.8. The number of nitrogen functional groups attached to an aromatic ring is 2. The molecule has 0 atom stereocenters. The Morgan fingerprint density at radius 1 is 1.04 bits per heavy atom. The zero-order chi connectivity index (χ0) is 18.8. The Kier molecular flexibility index (Phi) is 4.90. The van der Waals surface area contributed by atoms with Gasteiger partial charge in [-0.1, -0.05) is 0 Å². The lowest BCUT2D eigenvalue weighted by Crippen LogP contribution is -2.16. The van der Waals surface area contributed by atoms with Crippen molar-refractivity contribution in [3.05, 3.63) is 23.1 Å². The van der Waals surface area contributed by atoms with Crippen molar-refractivity contribution in [1.82, 2.24) is 9.97 Å². The van der Waals surface area contributed by atoms with Crippen LogP contribution in [0.5, 0.6) is 17.2 Å². The van der Waals surface area contributed by atoms with E-state index in [-0.39, 0.29) is 5.95 Å². The molecular weight excluding hydrogens is 354 g/mol. The van der Waals surface area contributed by atoms with E-state index in [4.69, 9.17) is 25.7 Å². The molecule has 138 valence electrons. The molecule has 2 heterocycles.